The molecule has 0 atom stereocenters. The van der Waals surface area contributed by atoms with Gasteiger partial charge in [0.2, 0.25) is 0 Å². The van der Waals surface area contributed by atoms with Crippen LogP contribution in [-0.2, 0) is 13.1 Å². The molecule has 1 amide bonds. The molecular formula is C28H27Cl2N5O2. The number of ether oxygens (including phenoxy) is 1. The Hall–Kier alpha value is -3.49. The summed E-state index contributed by atoms with van der Waals surface area (Å²) in [4.78, 5) is 21.6. The Morgan fingerprint density at radius 1 is 0.919 bits per heavy atom. The predicted molar refractivity (Wildman–Crippen MR) is 149 cm³/mol. The number of halogens is 2. The van der Waals surface area contributed by atoms with E-state index in [1.165, 1.54) is 0 Å². The lowest BCUT2D eigenvalue weighted by Crippen LogP contribution is -2.14. The SMILES string of the molecule is CNCc1ccc(C(=O)Nc2cccc(-c3ccnc(-c4ccc(CNC)c(OC)c4)c3Cl)c2Cl)nc1. The number of nitrogens with zero attached hydrogens (tertiary/aromatic N) is 2. The van der Waals surface area contributed by atoms with Crippen molar-refractivity contribution in [3.63, 3.8) is 0 Å². The second-order valence-corrected chi connectivity index (χ2v) is 9.04. The molecular weight excluding hydrogens is 509 g/mol. The van der Waals surface area contributed by atoms with Crippen LogP contribution in [0.5, 0.6) is 5.75 Å². The molecule has 0 saturated carbocycles. The smallest absolute Gasteiger partial charge is 0.274 e. The van der Waals surface area contributed by atoms with E-state index in [4.69, 9.17) is 27.9 Å². The van der Waals surface area contributed by atoms with Crippen LogP contribution < -0.4 is 20.7 Å². The van der Waals surface area contributed by atoms with Crippen LogP contribution in [0.4, 0.5) is 5.69 Å². The van der Waals surface area contributed by atoms with Gasteiger partial charge in [-0.25, -0.2) is 0 Å². The number of amides is 1. The van der Waals surface area contributed by atoms with Crippen molar-refractivity contribution < 1.29 is 9.53 Å². The second-order valence-electron chi connectivity index (χ2n) is 8.28. The van der Waals surface area contributed by atoms with E-state index in [-0.39, 0.29) is 5.91 Å². The zero-order valence-electron chi connectivity index (χ0n) is 20.7. The molecule has 0 aliphatic rings. The standard InChI is InChI=1S/C28H27Cl2N5O2/c1-31-14-17-7-10-23(34-15-17)28(36)35-22-6-4-5-20(25(22)29)21-11-12-33-27(26(21)30)18-8-9-19(16-32-2)24(13-18)37-3/h4-13,15,31-32H,14,16H2,1-3H3,(H,35,36). The maximum absolute atomic E-state index is 12.8. The lowest BCUT2D eigenvalue weighted by atomic mass is 10.0. The summed E-state index contributed by atoms with van der Waals surface area (Å²) in [6.45, 7) is 1.35. The van der Waals surface area contributed by atoms with Crippen molar-refractivity contribution in [2.24, 2.45) is 0 Å². The first-order valence-corrected chi connectivity index (χ1v) is 12.4. The number of hydrogen-bond acceptors (Lipinski definition) is 6. The molecule has 0 aliphatic carbocycles. The summed E-state index contributed by atoms with van der Waals surface area (Å²) in [5.74, 6) is 0.385. The van der Waals surface area contributed by atoms with E-state index in [2.05, 4.69) is 25.9 Å². The number of nitrogens with one attached hydrogen (secondary N) is 3. The Labute approximate surface area is 226 Å². The van der Waals surface area contributed by atoms with E-state index in [9.17, 15) is 4.79 Å². The van der Waals surface area contributed by atoms with Gasteiger partial charge in [-0.15, -0.1) is 0 Å². The summed E-state index contributed by atoms with van der Waals surface area (Å²) >= 11 is 13.6. The van der Waals surface area contributed by atoms with Crippen LogP contribution in [0.1, 0.15) is 21.6 Å². The van der Waals surface area contributed by atoms with Crippen LogP contribution in [0.25, 0.3) is 22.4 Å². The molecule has 3 N–H and O–H groups in total. The fourth-order valence-corrected chi connectivity index (χ4v) is 4.57. The van der Waals surface area contributed by atoms with Crippen LogP contribution in [0.2, 0.25) is 10.0 Å². The minimum Gasteiger partial charge on any atom is -0.496 e. The molecule has 2 heterocycles. The largest absolute Gasteiger partial charge is 0.496 e. The van der Waals surface area contributed by atoms with Crippen molar-refractivity contribution in [2.75, 3.05) is 26.5 Å². The van der Waals surface area contributed by atoms with Gasteiger partial charge in [0.15, 0.2) is 0 Å². The molecule has 190 valence electrons. The minimum atomic E-state index is -0.356. The maximum Gasteiger partial charge on any atom is 0.274 e. The molecule has 0 fully saturated rings. The highest BCUT2D eigenvalue weighted by Gasteiger charge is 2.18. The van der Waals surface area contributed by atoms with Crippen molar-refractivity contribution in [3.8, 4) is 28.1 Å². The Kier molecular flexibility index (Phi) is 8.74. The number of carbonyl (C=O) groups is 1. The molecule has 2 aromatic heterocycles. The molecule has 0 bridgehead atoms. The van der Waals surface area contributed by atoms with Gasteiger partial charge < -0.3 is 20.7 Å². The molecule has 0 saturated heterocycles. The first-order valence-electron chi connectivity index (χ1n) is 11.6. The summed E-state index contributed by atoms with van der Waals surface area (Å²) in [5, 5.41) is 9.85. The van der Waals surface area contributed by atoms with Crippen molar-refractivity contribution in [2.45, 2.75) is 13.1 Å². The van der Waals surface area contributed by atoms with Gasteiger partial charge in [-0.05, 0) is 43.9 Å². The highest BCUT2D eigenvalue weighted by molar-refractivity contribution is 6.39. The summed E-state index contributed by atoms with van der Waals surface area (Å²) in [6, 6.07) is 16.6. The summed E-state index contributed by atoms with van der Waals surface area (Å²) < 4.78 is 5.56. The van der Waals surface area contributed by atoms with Gasteiger partial charge in [0.25, 0.3) is 5.91 Å². The molecule has 7 nitrogen and oxygen atoms in total. The molecule has 0 radical (unpaired) electrons. The lowest BCUT2D eigenvalue weighted by Gasteiger charge is -2.15. The normalized spacial score (nSPS) is 10.8. The molecule has 4 rings (SSSR count). The third-order valence-electron chi connectivity index (χ3n) is 5.79. The molecule has 4 aromatic rings. The molecule has 9 heteroatoms. The van der Waals surface area contributed by atoms with E-state index >= 15 is 0 Å². The Morgan fingerprint density at radius 2 is 1.70 bits per heavy atom. The third kappa shape index (κ3) is 5.92. The van der Waals surface area contributed by atoms with Crippen molar-refractivity contribution in [1.29, 1.82) is 0 Å². The van der Waals surface area contributed by atoms with E-state index in [0.29, 0.717) is 51.3 Å². The summed E-state index contributed by atoms with van der Waals surface area (Å²) in [5.41, 5.74) is 5.54. The molecule has 37 heavy (non-hydrogen) atoms. The average Bonchev–Trinajstić information content (AvgIpc) is 2.91. The molecule has 2 aromatic carbocycles. The summed E-state index contributed by atoms with van der Waals surface area (Å²) in [7, 11) is 5.37. The average molecular weight is 536 g/mol. The number of carbonyl (C=O) groups excluding carboxylic acids is 1. The van der Waals surface area contributed by atoms with E-state index in [1.807, 2.05) is 50.5 Å². The lowest BCUT2D eigenvalue weighted by molar-refractivity contribution is 0.102. The van der Waals surface area contributed by atoms with Gasteiger partial charge in [-0.3, -0.25) is 14.8 Å². The van der Waals surface area contributed by atoms with Gasteiger partial charge in [0, 0.05) is 47.7 Å². The number of anilines is 1. The number of benzene rings is 2. The van der Waals surface area contributed by atoms with Crippen LogP contribution in [0, 0.1) is 0 Å². The van der Waals surface area contributed by atoms with Gasteiger partial charge in [0.1, 0.15) is 11.4 Å². The number of aromatic nitrogens is 2. The number of pyridine rings is 2. The monoisotopic (exact) mass is 535 g/mol. The zero-order chi connectivity index (χ0) is 26.4. The highest BCUT2D eigenvalue weighted by Crippen LogP contribution is 2.41. The summed E-state index contributed by atoms with van der Waals surface area (Å²) in [6.07, 6.45) is 3.35. The Balaban J connectivity index is 1.65. The van der Waals surface area contributed by atoms with Crippen LogP contribution in [0.3, 0.4) is 0 Å². The predicted octanol–water partition coefficient (Wildman–Crippen LogP) is 5.82. The van der Waals surface area contributed by atoms with Crippen molar-refractivity contribution in [1.82, 2.24) is 20.6 Å². The van der Waals surface area contributed by atoms with E-state index < -0.39 is 0 Å². The molecule has 0 aliphatic heterocycles. The van der Waals surface area contributed by atoms with E-state index in [1.54, 1.807) is 37.7 Å². The zero-order valence-corrected chi connectivity index (χ0v) is 22.2. The van der Waals surface area contributed by atoms with Gasteiger partial charge in [0.05, 0.1) is 28.5 Å². The Bertz CT molecular complexity index is 1410. The van der Waals surface area contributed by atoms with Crippen LogP contribution in [0.15, 0.2) is 67.0 Å². The van der Waals surface area contributed by atoms with Crippen LogP contribution in [-0.4, -0.2) is 37.1 Å². The quantitative estimate of drug-likeness (QED) is 0.250. The first-order chi connectivity index (χ1) is 18.0. The fraction of sp³-hybridized carbons (Fsp3) is 0.179. The molecule has 0 unspecified atom stereocenters. The number of methoxy groups -OCH3 is 1. The van der Waals surface area contributed by atoms with Gasteiger partial charge in [-0.1, -0.05) is 53.5 Å². The second kappa shape index (κ2) is 12.2. The number of hydrogen-bond donors (Lipinski definition) is 3. The van der Waals surface area contributed by atoms with Gasteiger partial charge >= 0.3 is 0 Å². The van der Waals surface area contributed by atoms with Gasteiger partial charge in [-0.2, -0.15) is 0 Å². The molecule has 0 spiro atoms. The Morgan fingerprint density at radius 3 is 2.41 bits per heavy atom. The van der Waals surface area contributed by atoms with Crippen LogP contribution >= 0.6 is 23.2 Å². The maximum atomic E-state index is 12.8. The fourth-order valence-electron chi connectivity index (χ4n) is 3.97. The van der Waals surface area contributed by atoms with Crippen molar-refractivity contribution in [3.05, 3.63) is 93.9 Å². The number of rotatable bonds is 9. The van der Waals surface area contributed by atoms with Crippen molar-refractivity contribution >= 4 is 34.8 Å². The first kappa shape index (κ1) is 26.6. The van der Waals surface area contributed by atoms with E-state index in [0.717, 1.165) is 22.4 Å². The minimum absolute atomic E-state index is 0.293. The highest BCUT2D eigenvalue weighted by atomic mass is 35.5. The topological polar surface area (TPSA) is 88.2 Å². The third-order valence-corrected chi connectivity index (χ3v) is 6.58.